The molecule has 5 aliphatic rings. The van der Waals surface area contributed by atoms with Crippen LogP contribution in [0.5, 0.6) is 0 Å². The van der Waals surface area contributed by atoms with Gasteiger partial charge in [-0.3, -0.25) is 4.98 Å². The number of furan rings is 2. The van der Waals surface area contributed by atoms with Gasteiger partial charge in [-0.25, -0.2) is 0 Å². The van der Waals surface area contributed by atoms with Gasteiger partial charge in [0, 0.05) is 93.5 Å². The van der Waals surface area contributed by atoms with Crippen LogP contribution < -0.4 is 30.0 Å². The van der Waals surface area contributed by atoms with Gasteiger partial charge >= 0.3 is 0 Å². The van der Waals surface area contributed by atoms with Crippen LogP contribution in [0.1, 0.15) is 65.8 Å². The summed E-state index contributed by atoms with van der Waals surface area (Å²) in [5.74, 6) is 0.477. The van der Waals surface area contributed by atoms with Crippen LogP contribution in [0.2, 0.25) is 0 Å². The zero-order valence-electron chi connectivity index (χ0n) is 61.1. The van der Waals surface area contributed by atoms with E-state index in [4.69, 9.17) is 8.83 Å². The Kier molecular flexibility index (Phi) is 14.5. The van der Waals surface area contributed by atoms with E-state index in [1.807, 2.05) is 12.4 Å². The summed E-state index contributed by atoms with van der Waals surface area (Å²) in [6.07, 6.45) is 28.3. The Bertz CT molecular complexity index is 7220. The van der Waals surface area contributed by atoms with Gasteiger partial charge in [0.2, 0.25) is 0 Å². The fraction of sp³-hybridized carbons (Fsp3) is 0.0865. The highest BCUT2D eigenvalue weighted by atomic mass is 16.3. The summed E-state index contributed by atoms with van der Waals surface area (Å²) in [5.41, 5.74) is 24.0. The van der Waals surface area contributed by atoms with Crippen LogP contribution in [0.25, 0.3) is 132 Å². The van der Waals surface area contributed by atoms with Crippen molar-refractivity contribution in [2.45, 2.75) is 44.1 Å². The lowest BCUT2D eigenvalue weighted by molar-refractivity contribution is 0.443. The van der Waals surface area contributed by atoms with Crippen molar-refractivity contribution in [1.29, 1.82) is 0 Å². The molecule has 1 fully saturated rings. The lowest BCUT2D eigenvalue weighted by atomic mass is 9.78. The molecular weight excluding hydrogens is 1350 g/mol. The standard InChI is InChI=1S/C104H73N5O2/c1-4-23-66(24-5-1)75-36-20-38-84-81(75)37-21-41-92(84)109(73-30-8-3-9-31-73)95-51-48-85-86-46-49-93(106-63-72-29-13-14-32-76(72)89(64-106)97-79-33-15-12-27-68(79)44-45-80(97)67-25-6-2-7-26-67)102-100(86)101-87(47-50-94(103(101)111-102)108-59-55-77(69-52-56-105-57-53-69)82-34-17-19-40-91(82)108)88-61-74(62-96-98(88)99(85)104(95)110-96)107-58-54-78(83-35-16-18-39-90(83)107)71-43-42-65-22-10-11-28-70(65)60-71/h1,3-5,8-24,27-57,59-63,67,91H,2,6-7,25-26,58,64H2. The van der Waals surface area contributed by atoms with Gasteiger partial charge < -0.3 is 28.4 Å². The minimum atomic E-state index is -0.144. The molecule has 526 valence electrons. The van der Waals surface area contributed by atoms with Crippen molar-refractivity contribution >= 4 is 160 Å². The normalized spacial score (nSPS) is 15.8. The van der Waals surface area contributed by atoms with Crippen LogP contribution in [0.4, 0.5) is 39.8 Å². The number of hydrogen-bond acceptors (Lipinski definition) is 7. The minimum absolute atomic E-state index is 0.144. The first-order valence-corrected chi connectivity index (χ1v) is 39.2. The van der Waals surface area contributed by atoms with Gasteiger partial charge in [-0.15, -0.1) is 0 Å². The molecule has 1 atom stereocenters. The van der Waals surface area contributed by atoms with E-state index < -0.39 is 0 Å². The third-order valence-corrected chi connectivity index (χ3v) is 24.6. The number of benzene rings is 14. The maximum atomic E-state index is 8.18. The number of allylic oxidation sites excluding steroid dienone is 4. The van der Waals surface area contributed by atoms with Crippen LogP contribution in [0.3, 0.4) is 0 Å². The van der Waals surface area contributed by atoms with Crippen molar-refractivity contribution in [2.24, 2.45) is 0 Å². The second-order valence-corrected chi connectivity index (χ2v) is 30.5. The smallest absolute Gasteiger partial charge is 0.160 e. The third kappa shape index (κ3) is 10.0. The van der Waals surface area contributed by atoms with E-state index in [1.165, 1.54) is 125 Å². The molecule has 1 saturated carbocycles. The number of pyridine rings is 1. The Morgan fingerprint density at radius 3 is 2.02 bits per heavy atom. The van der Waals surface area contributed by atoms with E-state index in [0.717, 1.165) is 116 Å². The summed E-state index contributed by atoms with van der Waals surface area (Å²) in [5, 5.41) is 18.3. The molecule has 15 aromatic carbocycles. The third-order valence-electron chi connectivity index (χ3n) is 24.6. The average molecular weight is 1420 g/mol. The van der Waals surface area contributed by atoms with Crippen LogP contribution in [-0.4, -0.2) is 24.1 Å². The van der Waals surface area contributed by atoms with Gasteiger partial charge in [-0.05, 0) is 206 Å². The molecule has 6 heterocycles. The summed E-state index contributed by atoms with van der Waals surface area (Å²) < 4.78 is 16.2. The zero-order valence-corrected chi connectivity index (χ0v) is 61.1. The molecule has 1 unspecified atom stereocenters. The number of anilines is 7. The molecule has 18 aromatic rings. The second kappa shape index (κ2) is 25.4. The first-order valence-electron chi connectivity index (χ1n) is 39.2. The SMILES string of the molecule is C1=CC2=C(c3ccncc3)C=CN(c3ccc4c5cc(N6CC=C(c7ccc8ccccc8c7)c7ccccc76)cc6oc7c(N(c8ccccc8)c8cccc9c(-c%10ccccc%10)cccc89)ccc(c8ccc(N9C=c%10ccccc%10=C(c%10c(C%11CCCCC%11)ccc%11ccccc%10%11)C9)c9oc3c4c98)c7c65)C2C=C1. The van der Waals surface area contributed by atoms with Crippen molar-refractivity contribution in [1.82, 2.24) is 4.98 Å². The van der Waals surface area contributed by atoms with Crippen molar-refractivity contribution in [3.63, 3.8) is 0 Å². The first-order chi connectivity index (χ1) is 55.1. The monoisotopic (exact) mass is 1420 g/mol. The highest BCUT2D eigenvalue weighted by Gasteiger charge is 2.35. The van der Waals surface area contributed by atoms with Gasteiger partial charge in [0.15, 0.2) is 16.7 Å². The van der Waals surface area contributed by atoms with Crippen molar-refractivity contribution < 1.29 is 8.83 Å². The minimum Gasteiger partial charge on any atom is -0.454 e. The van der Waals surface area contributed by atoms with Gasteiger partial charge in [0.05, 0.1) is 28.8 Å². The van der Waals surface area contributed by atoms with Crippen LogP contribution in [-0.2, 0) is 0 Å². The van der Waals surface area contributed by atoms with Crippen molar-refractivity contribution in [3.8, 4) is 11.1 Å². The van der Waals surface area contributed by atoms with E-state index in [0.29, 0.717) is 19.0 Å². The number of rotatable bonds is 11. The molecular formula is C104H73N5O2. The number of fused-ring (bicyclic) bond motifs is 8. The van der Waals surface area contributed by atoms with Gasteiger partial charge in [0.25, 0.3) is 0 Å². The Morgan fingerprint density at radius 2 is 1.14 bits per heavy atom. The summed E-state index contributed by atoms with van der Waals surface area (Å²) in [4.78, 5) is 14.3. The second-order valence-electron chi connectivity index (χ2n) is 30.5. The number of para-hydroxylation sites is 2. The molecule has 0 bridgehead atoms. The summed E-state index contributed by atoms with van der Waals surface area (Å²) >= 11 is 0. The van der Waals surface area contributed by atoms with Crippen molar-refractivity contribution in [3.05, 3.63) is 384 Å². The van der Waals surface area contributed by atoms with E-state index in [2.05, 4.69) is 359 Å². The molecule has 0 amide bonds. The van der Waals surface area contributed by atoms with E-state index >= 15 is 0 Å². The maximum Gasteiger partial charge on any atom is 0.160 e. The Labute approximate surface area is 642 Å². The molecule has 23 rings (SSSR count). The topological polar surface area (TPSA) is 52.1 Å². The largest absolute Gasteiger partial charge is 0.454 e. The molecule has 0 spiro atoms. The molecule has 111 heavy (non-hydrogen) atoms. The summed E-state index contributed by atoms with van der Waals surface area (Å²) in [7, 11) is 0. The lowest BCUT2D eigenvalue weighted by Gasteiger charge is -2.35. The van der Waals surface area contributed by atoms with Crippen LogP contribution in [0.15, 0.2) is 355 Å². The van der Waals surface area contributed by atoms with Crippen LogP contribution in [0, 0.1) is 0 Å². The number of nitrogens with zero attached hydrogens (tertiary/aromatic N) is 5. The molecule has 0 saturated heterocycles. The lowest BCUT2D eigenvalue weighted by Crippen LogP contribution is -2.39. The van der Waals surface area contributed by atoms with E-state index in [-0.39, 0.29) is 6.04 Å². The van der Waals surface area contributed by atoms with Crippen molar-refractivity contribution in [2.75, 3.05) is 32.7 Å². The zero-order chi connectivity index (χ0) is 72.8. The molecule has 3 aliphatic heterocycles. The predicted molar refractivity (Wildman–Crippen MR) is 464 cm³/mol. The quantitative estimate of drug-likeness (QED) is 0.128. The summed E-state index contributed by atoms with van der Waals surface area (Å²) in [6, 6.07) is 106. The fourth-order valence-corrected chi connectivity index (χ4v) is 19.6. The summed E-state index contributed by atoms with van der Waals surface area (Å²) in [6.45, 7) is 1.26. The highest BCUT2D eigenvalue weighted by molar-refractivity contribution is 6.39. The van der Waals surface area contributed by atoms with Crippen LogP contribution >= 0.6 is 0 Å². The molecule has 3 aromatic heterocycles. The Hall–Kier alpha value is -13.8. The predicted octanol–water partition coefficient (Wildman–Crippen LogP) is 25.6. The molecule has 0 radical (unpaired) electrons. The fourth-order valence-electron chi connectivity index (χ4n) is 19.6. The van der Waals surface area contributed by atoms with Gasteiger partial charge in [0.1, 0.15) is 5.58 Å². The average Bonchev–Trinajstić information content (AvgIpc) is 1.54. The van der Waals surface area contributed by atoms with E-state index in [9.17, 15) is 0 Å². The highest BCUT2D eigenvalue weighted by Crippen LogP contribution is 2.55. The molecule has 7 nitrogen and oxygen atoms in total. The number of aromatic nitrogens is 1. The maximum absolute atomic E-state index is 8.18. The van der Waals surface area contributed by atoms with Gasteiger partial charge in [-0.1, -0.05) is 262 Å². The first kappa shape index (κ1) is 63.4. The Balaban J connectivity index is 0.816. The Morgan fingerprint density at radius 1 is 0.441 bits per heavy atom. The molecule has 7 heteroatoms. The van der Waals surface area contributed by atoms with Gasteiger partial charge in [-0.2, -0.15) is 0 Å². The van der Waals surface area contributed by atoms with E-state index in [1.54, 1.807) is 0 Å². The molecule has 0 N–H and O–H groups in total. The number of hydrogen-bond donors (Lipinski definition) is 0. The molecule has 2 aliphatic carbocycles.